The summed E-state index contributed by atoms with van der Waals surface area (Å²) in [5, 5.41) is 1.25. The van der Waals surface area contributed by atoms with Crippen LogP contribution in [-0.2, 0) is 0 Å². The van der Waals surface area contributed by atoms with Crippen molar-refractivity contribution in [1.82, 2.24) is 0 Å². The van der Waals surface area contributed by atoms with Gasteiger partial charge < -0.3 is 4.42 Å². The fraction of sp³-hybridized carbons (Fsp3) is 0.400. The second-order valence-corrected chi connectivity index (χ2v) is 6.20. The maximum absolute atomic E-state index is 13.5. The minimum Gasteiger partial charge on any atom is -0.450 e. The van der Waals surface area contributed by atoms with E-state index in [-0.39, 0.29) is 17.1 Å². The van der Waals surface area contributed by atoms with Gasteiger partial charge in [-0.25, -0.2) is 4.39 Å². The first-order valence-corrected chi connectivity index (χ1v) is 7.62. The number of furan rings is 1. The van der Waals surface area contributed by atoms with Crippen molar-refractivity contribution in [3.63, 3.8) is 0 Å². The summed E-state index contributed by atoms with van der Waals surface area (Å²) in [7, 11) is 0. The molecule has 1 heterocycles. The second kappa shape index (κ2) is 5.37. The van der Waals surface area contributed by atoms with Crippen molar-refractivity contribution < 1.29 is 13.6 Å². The van der Waals surface area contributed by atoms with E-state index in [1.165, 1.54) is 31.7 Å². The molecule has 1 saturated carbocycles. The number of halogens is 1. The van der Waals surface area contributed by atoms with Crippen molar-refractivity contribution in [3.8, 4) is 0 Å². The summed E-state index contributed by atoms with van der Waals surface area (Å²) in [6.07, 6.45) is 4.93. The van der Waals surface area contributed by atoms with Crippen LogP contribution in [0.15, 0.2) is 28.7 Å². The fourth-order valence-corrected chi connectivity index (χ4v) is 3.68. The van der Waals surface area contributed by atoms with E-state index in [0.29, 0.717) is 16.4 Å². The molecule has 1 fully saturated rings. The first kappa shape index (κ1) is 12.7. The van der Waals surface area contributed by atoms with Crippen LogP contribution in [-0.4, -0.2) is 16.8 Å². The Kier molecular flexibility index (Phi) is 3.60. The van der Waals surface area contributed by atoms with Crippen LogP contribution in [0.1, 0.15) is 36.2 Å². The number of hydrogen-bond acceptors (Lipinski definition) is 3. The van der Waals surface area contributed by atoms with Gasteiger partial charge in [0.2, 0.25) is 5.78 Å². The Hall–Kier alpha value is -1.29. The Bertz CT molecular complexity index is 599. The molecule has 19 heavy (non-hydrogen) atoms. The van der Waals surface area contributed by atoms with E-state index in [1.54, 1.807) is 30.0 Å². The maximum Gasteiger partial charge on any atom is 0.207 e. The highest BCUT2D eigenvalue weighted by Crippen LogP contribution is 2.30. The molecule has 0 N–H and O–H groups in total. The Balaban J connectivity index is 1.72. The van der Waals surface area contributed by atoms with E-state index in [0.717, 1.165) is 0 Å². The SMILES string of the molecule is O=C(CSC1CCCC1)c1cc2cccc(F)c2o1. The molecule has 1 aliphatic rings. The van der Waals surface area contributed by atoms with Gasteiger partial charge in [-0.15, -0.1) is 0 Å². The summed E-state index contributed by atoms with van der Waals surface area (Å²) in [4.78, 5) is 12.0. The Morgan fingerprint density at radius 1 is 1.37 bits per heavy atom. The molecule has 3 rings (SSSR count). The Labute approximate surface area is 115 Å². The van der Waals surface area contributed by atoms with Crippen molar-refractivity contribution >= 4 is 28.5 Å². The van der Waals surface area contributed by atoms with Gasteiger partial charge in [0, 0.05) is 10.6 Å². The van der Waals surface area contributed by atoms with Crippen LogP contribution in [0.5, 0.6) is 0 Å². The molecule has 0 atom stereocenters. The predicted octanol–water partition coefficient (Wildman–Crippen LogP) is 4.43. The molecule has 100 valence electrons. The molecule has 0 saturated heterocycles. The lowest BCUT2D eigenvalue weighted by Gasteiger charge is -2.06. The van der Waals surface area contributed by atoms with E-state index in [9.17, 15) is 9.18 Å². The molecule has 4 heteroatoms. The molecule has 1 aromatic carbocycles. The highest BCUT2D eigenvalue weighted by atomic mass is 32.2. The number of carbonyl (C=O) groups is 1. The monoisotopic (exact) mass is 278 g/mol. The molecular weight excluding hydrogens is 263 g/mol. The highest BCUT2D eigenvalue weighted by molar-refractivity contribution is 8.00. The third kappa shape index (κ3) is 2.68. The number of carbonyl (C=O) groups excluding carboxylic acids is 1. The molecule has 2 nitrogen and oxygen atoms in total. The van der Waals surface area contributed by atoms with Crippen molar-refractivity contribution in [2.45, 2.75) is 30.9 Å². The number of thioether (sulfide) groups is 1. The third-order valence-corrected chi connectivity index (χ3v) is 4.89. The zero-order valence-corrected chi connectivity index (χ0v) is 11.3. The molecule has 0 radical (unpaired) electrons. The Morgan fingerprint density at radius 2 is 2.16 bits per heavy atom. The minimum absolute atomic E-state index is 0.0486. The lowest BCUT2D eigenvalue weighted by molar-refractivity contribution is 0.0994. The number of benzene rings is 1. The Morgan fingerprint density at radius 3 is 2.89 bits per heavy atom. The van der Waals surface area contributed by atoms with Crippen LogP contribution in [0, 0.1) is 5.82 Å². The fourth-order valence-electron chi connectivity index (χ4n) is 2.48. The van der Waals surface area contributed by atoms with E-state index in [2.05, 4.69) is 0 Å². The van der Waals surface area contributed by atoms with Gasteiger partial charge in [0.25, 0.3) is 0 Å². The first-order chi connectivity index (χ1) is 9.24. The van der Waals surface area contributed by atoms with Gasteiger partial charge in [0.1, 0.15) is 0 Å². The van der Waals surface area contributed by atoms with Gasteiger partial charge in [-0.05, 0) is 25.0 Å². The van der Waals surface area contributed by atoms with E-state index < -0.39 is 5.82 Å². The standard InChI is InChI=1S/C15H15FO2S/c16-12-7-3-4-10-8-14(18-15(10)12)13(17)9-19-11-5-1-2-6-11/h3-4,7-8,11H,1-2,5-6,9H2. The quantitative estimate of drug-likeness (QED) is 0.775. The topological polar surface area (TPSA) is 30.2 Å². The van der Waals surface area contributed by atoms with Gasteiger partial charge >= 0.3 is 0 Å². The minimum atomic E-state index is -0.417. The largest absolute Gasteiger partial charge is 0.450 e. The van der Waals surface area contributed by atoms with Crippen LogP contribution in [0.2, 0.25) is 0 Å². The molecule has 0 aliphatic heterocycles. The lowest BCUT2D eigenvalue weighted by Crippen LogP contribution is -2.05. The molecule has 0 amide bonds. The summed E-state index contributed by atoms with van der Waals surface area (Å²) in [6, 6.07) is 6.35. The highest BCUT2D eigenvalue weighted by Gasteiger charge is 2.19. The number of para-hydroxylation sites is 1. The molecule has 0 unspecified atom stereocenters. The van der Waals surface area contributed by atoms with E-state index in [1.807, 2.05) is 0 Å². The zero-order chi connectivity index (χ0) is 13.2. The molecular formula is C15H15FO2S. The van der Waals surface area contributed by atoms with Gasteiger partial charge in [-0.3, -0.25) is 4.79 Å². The number of Topliss-reactive ketones (excluding diaryl/α,β-unsaturated/α-hetero) is 1. The molecule has 0 bridgehead atoms. The lowest BCUT2D eigenvalue weighted by atomic mass is 10.2. The van der Waals surface area contributed by atoms with Crippen molar-refractivity contribution in [1.29, 1.82) is 0 Å². The summed E-state index contributed by atoms with van der Waals surface area (Å²) in [5.74, 6) is 0.227. The molecule has 1 aromatic heterocycles. The smallest absolute Gasteiger partial charge is 0.207 e. The molecule has 2 aromatic rings. The van der Waals surface area contributed by atoms with Crippen LogP contribution in [0.25, 0.3) is 11.0 Å². The number of rotatable bonds is 4. The number of ketones is 1. The normalized spacial score (nSPS) is 16.3. The summed E-state index contributed by atoms with van der Waals surface area (Å²) >= 11 is 1.70. The van der Waals surface area contributed by atoms with E-state index in [4.69, 9.17) is 4.42 Å². The predicted molar refractivity (Wildman–Crippen MR) is 75.2 cm³/mol. The summed E-state index contributed by atoms with van der Waals surface area (Å²) in [6.45, 7) is 0. The van der Waals surface area contributed by atoms with Crippen LogP contribution in [0.3, 0.4) is 0 Å². The summed E-state index contributed by atoms with van der Waals surface area (Å²) < 4.78 is 18.8. The number of hydrogen-bond donors (Lipinski definition) is 0. The second-order valence-electron chi connectivity index (χ2n) is 4.91. The van der Waals surface area contributed by atoms with Crippen molar-refractivity contribution in [2.24, 2.45) is 0 Å². The molecule has 1 aliphatic carbocycles. The summed E-state index contributed by atoms with van der Waals surface area (Å²) in [5.41, 5.74) is 0.178. The average Bonchev–Trinajstić information content (AvgIpc) is 3.05. The van der Waals surface area contributed by atoms with Crippen LogP contribution < -0.4 is 0 Å². The van der Waals surface area contributed by atoms with Gasteiger partial charge in [-0.2, -0.15) is 11.8 Å². The van der Waals surface area contributed by atoms with Gasteiger partial charge in [-0.1, -0.05) is 25.0 Å². The van der Waals surface area contributed by atoms with E-state index >= 15 is 0 Å². The number of fused-ring (bicyclic) bond motifs is 1. The first-order valence-electron chi connectivity index (χ1n) is 6.57. The van der Waals surface area contributed by atoms with Crippen LogP contribution >= 0.6 is 11.8 Å². The molecule has 0 spiro atoms. The zero-order valence-electron chi connectivity index (χ0n) is 10.5. The van der Waals surface area contributed by atoms with Crippen molar-refractivity contribution in [2.75, 3.05) is 5.75 Å². The van der Waals surface area contributed by atoms with Crippen LogP contribution in [0.4, 0.5) is 4.39 Å². The van der Waals surface area contributed by atoms with Gasteiger partial charge in [0.05, 0.1) is 5.75 Å². The maximum atomic E-state index is 13.5. The van der Waals surface area contributed by atoms with Crippen molar-refractivity contribution in [3.05, 3.63) is 35.8 Å². The third-order valence-electron chi connectivity index (χ3n) is 3.52. The van der Waals surface area contributed by atoms with Gasteiger partial charge in [0.15, 0.2) is 17.2 Å². The average molecular weight is 278 g/mol.